The van der Waals surface area contributed by atoms with Crippen molar-refractivity contribution in [3.63, 3.8) is 0 Å². The van der Waals surface area contributed by atoms with Crippen LogP contribution in [0.5, 0.6) is 0 Å². The SMILES string of the molecule is CC1=CC(C)CC2(CCCC2C)C1. The Kier molecular flexibility index (Phi) is 2.25. The summed E-state index contributed by atoms with van der Waals surface area (Å²) in [4.78, 5) is 0. The average molecular weight is 178 g/mol. The van der Waals surface area contributed by atoms with E-state index in [-0.39, 0.29) is 0 Å². The van der Waals surface area contributed by atoms with Gasteiger partial charge >= 0.3 is 0 Å². The minimum atomic E-state index is 0.707. The van der Waals surface area contributed by atoms with Gasteiger partial charge in [0.15, 0.2) is 0 Å². The lowest BCUT2D eigenvalue weighted by Gasteiger charge is -2.39. The molecule has 0 radical (unpaired) electrons. The highest BCUT2D eigenvalue weighted by atomic mass is 14.5. The van der Waals surface area contributed by atoms with Gasteiger partial charge in [-0.2, -0.15) is 0 Å². The molecule has 74 valence electrons. The van der Waals surface area contributed by atoms with Crippen LogP contribution in [0.3, 0.4) is 0 Å². The van der Waals surface area contributed by atoms with E-state index in [1.807, 2.05) is 0 Å². The van der Waals surface area contributed by atoms with Crippen molar-refractivity contribution in [3.05, 3.63) is 11.6 Å². The summed E-state index contributed by atoms with van der Waals surface area (Å²) in [7, 11) is 0. The largest absolute Gasteiger partial charge is 0.0827 e. The van der Waals surface area contributed by atoms with Gasteiger partial charge in [0.1, 0.15) is 0 Å². The molecule has 1 fully saturated rings. The number of hydrogen-bond acceptors (Lipinski definition) is 0. The highest BCUT2D eigenvalue weighted by Crippen LogP contribution is 2.53. The van der Waals surface area contributed by atoms with Crippen molar-refractivity contribution in [2.45, 2.75) is 52.9 Å². The van der Waals surface area contributed by atoms with Crippen molar-refractivity contribution in [1.82, 2.24) is 0 Å². The van der Waals surface area contributed by atoms with Crippen molar-refractivity contribution >= 4 is 0 Å². The highest BCUT2D eigenvalue weighted by Gasteiger charge is 2.42. The predicted molar refractivity (Wildman–Crippen MR) is 57.6 cm³/mol. The van der Waals surface area contributed by atoms with Gasteiger partial charge in [-0.05, 0) is 43.4 Å². The molecule has 0 heterocycles. The third kappa shape index (κ3) is 1.56. The summed E-state index contributed by atoms with van der Waals surface area (Å²) >= 11 is 0. The van der Waals surface area contributed by atoms with Crippen LogP contribution in [0.4, 0.5) is 0 Å². The zero-order valence-electron chi connectivity index (χ0n) is 9.27. The van der Waals surface area contributed by atoms with Gasteiger partial charge in [0.2, 0.25) is 0 Å². The summed E-state index contributed by atoms with van der Waals surface area (Å²) in [6.45, 7) is 7.18. The fraction of sp³-hybridized carbons (Fsp3) is 0.846. The van der Waals surface area contributed by atoms with Gasteiger partial charge in [-0.3, -0.25) is 0 Å². The standard InChI is InChI=1S/C13H22/c1-10-7-11(2)9-13(8-10)6-4-5-12(13)3/h7,10,12H,4-6,8-9H2,1-3H3. The van der Waals surface area contributed by atoms with Crippen LogP contribution in [0, 0.1) is 17.3 Å². The Morgan fingerprint density at radius 1 is 1.38 bits per heavy atom. The third-order valence-corrected chi connectivity index (χ3v) is 4.29. The number of rotatable bonds is 0. The molecule has 0 N–H and O–H groups in total. The van der Waals surface area contributed by atoms with Crippen molar-refractivity contribution < 1.29 is 0 Å². The van der Waals surface area contributed by atoms with Gasteiger partial charge < -0.3 is 0 Å². The predicted octanol–water partition coefficient (Wildman–Crippen LogP) is 4.17. The molecule has 0 heteroatoms. The van der Waals surface area contributed by atoms with E-state index in [2.05, 4.69) is 26.8 Å². The average Bonchev–Trinajstić information content (AvgIpc) is 2.30. The van der Waals surface area contributed by atoms with E-state index in [1.54, 1.807) is 5.57 Å². The second-order valence-corrected chi connectivity index (χ2v) is 5.53. The summed E-state index contributed by atoms with van der Waals surface area (Å²) in [5.74, 6) is 1.80. The lowest BCUT2D eigenvalue weighted by Crippen LogP contribution is -2.29. The van der Waals surface area contributed by atoms with Crippen LogP contribution in [-0.4, -0.2) is 0 Å². The van der Waals surface area contributed by atoms with Gasteiger partial charge in [-0.15, -0.1) is 0 Å². The van der Waals surface area contributed by atoms with Crippen molar-refractivity contribution in [2.24, 2.45) is 17.3 Å². The van der Waals surface area contributed by atoms with E-state index in [1.165, 1.54) is 32.1 Å². The number of hydrogen-bond donors (Lipinski definition) is 0. The van der Waals surface area contributed by atoms with E-state index in [0.717, 1.165) is 11.8 Å². The molecule has 0 aromatic rings. The summed E-state index contributed by atoms with van der Waals surface area (Å²) in [5, 5.41) is 0. The minimum Gasteiger partial charge on any atom is -0.0827 e. The molecule has 0 amide bonds. The van der Waals surface area contributed by atoms with Crippen LogP contribution in [0.2, 0.25) is 0 Å². The molecule has 0 nitrogen and oxygen atoms in total. The second kappa shape index (κ2) is 3.15. The molecule has 1 saturated carbocycles. The van der Waals surface area contributed by atoms with Crippen LogP contribution < -0.4 is 0 Å². The second-order valence-electron chi connectivity index (χ2n) is 5.53. The highest BCUT2D eigenvalue weighted by molar-refractivity contribution is 5.12. The van der Waals surface area contributed by atoms with E-state index in [9.17, 15) is 0 Å². The quantitative estimate of drug-likeness (QED) is 0.488. The Morgan fingerprint density at radius 3 is 2.69 bits per heavy atom. The maximum atomic E-state index is 2.48. The lowest BCUT2D eigenvalue weighted by molar-refractivity contribution is 0.162. The number of allylic oxidation sites excluding steroid dienone is 2. The van der Waals surface area contributed by atoms with Crippen molar-refractivity contribution in [2.75, 3.05) is 0 Å². The molecule has 3 atom stereocenters. The van der Waals surface area contributed by atoms with Gasteiger partial charge in [0.05, 0.1) is 0 Å². The Bertz CT molecular complexity index is 226. The Morgan fingerprint density at radius 2 is 2.15 bits per heavy atom. The summed E-state index contributed by atoms with van der Waals surface area (Å²) in [5.41, 5.74) is 2.35. The molecule has 2 rings (SSSR count). The molecule has 2 aliphatic carbocycles. The third-order valence-electron chi connectivity index (χ3n) is 4.29. The van der Waals surface area contributed by atoms with E-state index in [4.69, 9.17) is 0 Å². The molecular formula is C13H22. The van der Waals surface area contributed by atoms with Gasteiger partial charge in [0, 0.05) is 0 Å². The molecule has 3 unspecified atom stereocenters. The Balaban J connectivity index is 2.20. The smallest absolute Gasteiger partial charge is 0.0229 e. The van der Waals surface area contributed by atoms with Gasteiger partial charge in [0.25, 0.3) is 0 Å². The molecule has 0 bridgehead atoms. The Labute approximate surface area is 82.4 Å². The molecule has 0 aromatic heterocycles. The van der Waals surface area contributed by atoms with Crippen molar-refractivity contribution in [3.8, 4) is 0 Å². The molecule has 0 aliphatic heterocycles. The summed E-state index contributed by atoms with van der Waals surface area (Å²) < 4.78 is 0. The van der Waals surface area contributed by atoms with Crippen LogP contribution >= 0.6 is 0 Å². The zero-order chi connectivity index (χ0) is 9.47. The summed E-state index contributed by atoms with van der Waals surface area (Å²) in [6, 6.07) is 0. The van der Waals surface area contributed by atoms with Crippen LogP contribution in [-0.2, 0) is 0 Å². The molecular weight excluding hydrogens is 156 g/mol. The fourth-order valence-electron chi connectivity index (χ4n) is 3.75. The topological polar surface area (TPSA) is 0 Å². The molecule has 0 saturated heterocycles. The van der Waals surface area contributed by atoms with E-state index < -0.39 is 0 Å². The van der Waals surface area contributed by atoms with E-state index >= 15 is 0 Å². The first-order chi connectivity index (χ1) is 6.12. The molecule has 1 spiro atoms. The van der Waals surface area contributed by atoms with Crippen LogP contribution in [0.1, 0.15) is 52.9 Å². The monoisotopic (exact) mass is 178 g/mol. The Hall–Kier alpha value is -0.260. The molecule has 2 aliphatic rings. The fourth-order valence-corrected chi connectivity index (χ4v) is 3.75. The van der Waals surface area contributed by atoms with Crippen molar-refractivity contribution in [1.29, 1.82) is 0 Å². The van der Waals surface area contributed by atoms with E-state index in [0.29, 0.717) is 5.41 Å². The van der Waals surface area contributed by atoms with Crippen LogP contribution in [0.25, 0.3) is 0 Å². The zero-order valence-corrected chi connectivity index (χ0v) is 9.27. The maximum Gasteiger partial charge on any atom is -0.0229 e. The summed E-state index contributed by atoms with van der Waals surface area (Å²) in [6.07, 6.45) is 9.76. The van der Waals surface area contributed by atoms with Crippen LogP contribution in [0.15, 0.2) is 11.6 Å². The molecule has 13 heavy (non-hydrogen) atoms. The molecule has 0 aromatic carbocycles. The van der Waals surface area contributed by atoms with Gasteiger partial charge in [-0.25, -0.2) is 0 Å². The maximum absolute atomic E-state index is 2.48. The normalized spacial score (nSPS) is 45.3. The first-order valence-electron chi connectivity index (χ1n) is 5.80. The first kappa shape index (κ1) is 9.30. The minimum absolute atomic E-state index is 0.707. The first-order valence-corrected chi connectivity index (χ1v) is 5.80. The van der Waals surface area contributed by atoms with Gasteiger partial charge in [-0.1, -0.05) is 38.3 Å². The lowest BCUT2D eigenvalue weighted by atomic mass is 9.66.